The predicted octanol–water partition coefficient (Wildman–Crippen LogP) is 2.89. The van der Waals surface area contributed by atoms with Gasteiger partial charge in [0.25, 0.3) is 0 Å². The maximum Gasteiger partial charge on any atom is 0.311 e. The zero-order valence-corrected chi connectivity index (χ0v) is 13.4. The molecular formula is C15H31NO3. The number of rotatable bonds is 9. The zero-order chi connectivity index (χ0) is 15.1. The third-order valence-corrected chi connectivity index (χ3v) is 3.40. The Hall–Kier alpha value is -0.610. The molecular weight excluding hydrogens is 242 g/mol. The first kappa shape index (κ1) is 18.4. The van der Waals surface area contributed by atoms with Gasteiger partial charge in [-0.05, 0) is 60.4 Å². The summed E-state index contributed by atoms with van der Waals surface area (Å²) < 4.78 is 11.2. The van der Waals surface area contributed by atoms with E-state index in [9.17, 15) is 4.79 Å². The lowest BCUT2D eigenvalue weighted by atomic mass is 9.89. The molecule has 0 bridgehead atoms. The fourth-order valence-electron chi connectivity index (χ4n) is 1.53. The fourth-order valence-corrected chi connectivity index (χ4v) is 1.53. The Balaban J connectivity index is 4.19. The van der Waals surface area contributed by atoms with E-state index in [-0.39, 0.29) is 17.7 Å². The first-order valence-corrected chi connectivity index (χ1v) is 7.19. The molecule has 4 nitrogen and oxygen atoms in total. The number of carbonyl (C=O) groups is 1. The summed E-state index contributed by atoms with van der Waals surface area (Å²) in [5, 5.41) is 0. The first-order chi connectivity index (χ1) is 8.64. The van der Waals surface area contributed by atoms with Crippen molar-refractivity contribution >= 4 is 5.97 Å². The Morgan fingerprint density at radius 2 is 1.79 bits per heavy atom. The fraction of sp³-hybridized carbons (Fsp3) is 0.933. The number of esters is 1. The minimum Gasteiger partial charge on any atom is -0.462 e. The number of carbonyl (C=O) groups excluding carboxylic acids is 1. The lowest BCUT2D eigenvalue weighted by Gasteiger charge is -2.28. The molecule has 0 saturated carbocycles. The molecule has 0 aliphatic carbocycles. The van der Waals surface area contributed by atoms with Gasteiger partial charge >= 0.3 is 5.97 Å². The lowest BCUT2D eigenvalue weighted by Crippen LogP contribution is -2.33. The van der Waals surface area contributed by atoms with Crippen LogP contribution in [0.5, 0.6) is 0 Å². The van der Waals surface area contributed by atoms with Crippen molar-refractivity contribution < 1.29 is 14.3 Å². The summed E-state index contributed by atoms with van der Waals surface area (Å²) in [6, 6.07) is 0. The standard InChI is InChI=1S/C15H31NO3/c1-7-12(2)19-13(17)14(3,4)9-11-18-15(5,6)8-10-16/h12H,7-11,16H2,1-6H3. The Morgan fingerprint density at radius 1 is 1.21 bits per heavy atom. The van der Waals surface area contributed by atoms with Gasteiger partial charge in [-0.15, -0.1) is 0 Å². The summed E-state index contributed by atoms with van der Waals surface area (Å²) in [7, 11) is 0. The molecule has 0 rings (SSSR count). The SMILES string of the molecule is CCC(C)OC(=O)C(C)(C)CCOC(C)(C)CCN. The van der Waals surface area contributed by atoms with Crippen molar-refractivity contribution in [1.82, 2.24) is 0 Å². The molecule has 19 heavy (non-hydrogen) atoms. The molecule has 0 radical (unpaired) electrons. The minimum absolute atomic E-state index is 0.0265. The van der Waals surface area contributed by atoms with E-state index in [2.05, 4.69) is 0 Å². The van der Waals surface area contributed by atoms with Crippen molar-refractivity contribution in [3.8, 4) is 0 Å². The average Bonchev–Trinajstić information content (AvgIpc) is 2.27. The molecule has 0 saturated heterocycles. The number of nitrogens with two attached hydrogens (primary N) is 1. The van der Waals surface area contributed by atoms with Crippen LogP contribution in [-0.2, 0) is 14.3 Å². The van der Waals surface area contributed by atoms with Crippen molar-refractivity contribution in [2.45, 2.75) is 72.5 Å². The molecule has 0 fully saturated rings. The van der Waals surface area contributed by atoms with Crippen molar-refractivity contribution in [2.75, 3.05) is 13.2 Å². The van der Waals surface area contributed by atoms with Gasteiger partial charge in [-0.2, -0.15) is 0 Å². The van der Waals surface area contributed by atoms with Crippen molar-refractivity contribution in [3.63, 3.8) is 0 Å². The topological polar surface area (TPSA) is 61.5 Å². The Kier molecular flexibility index (Phi) is 7.60. The molecule has 0 aliphatic heterocycles. The third kappa shape index (κ3) is 7.53. The van der Waals surface area contributed by atoms with E-state index >= 15 is 0 Å². The number of ether oxygens (including phenoxy) is 2. The molecule has 1 atom stereocenters. The summed E-state index contributed by atoms with van der Waals surface area (Å²) in [5.41, 5.74) is 4.79. The predicted molar refractivity (Wildman–Crippen MR) is 77.9 cm³/mol. The summed E-state index contributed by atoms with van der Waals surface area (Å²) >= 11 is 0. The van der Waals surface area contributed by atoms with E-state index < -0.39 is 5.41 Å². The molecule has 0 aromatic heterocycles. The Bertz CT molecular complexity index is 275. The maximum absolute atomic E-state index is 12.0. The van der Waals surface area contributed by atoms with Crippen LogP contribution in [-0.4, -0.2) is 30.8 Å². The summed E-state index contributed by atoms with van der Waals surface area (Å²) in [6.45, 7) is 12.9. The highest BCUT2D eigenvalue weighted by atomic mass is 16.5. The second-order valence-electron chi connectivity index (χ2n) is 6.40. The van der Waals surface area contributed by atoms with E-state index in [1.165, 1.54) is 0 Å². The molecule has 0 spiro atoms. The highest BCUT2D eigenvalue weighted by molar-refractivity contribution is 5.76. The van der Waals surface area contributed by atoms with E-state index in [1.807, 2.05) is 41.5 Å². The quantitative estimate of drug-likeness (QED) is 0.656. The molecule has 2 N–H and O–H groups in total. The summed E-state index contributed by atoms with van der Waals surface area (Å²) in [5.74, 6) is -0.151. The van der Waals surface area contributed by atoms with Gasteiger partial charge in [-0.3, -0.25) is 4.79 Å². The molecule has 0 heterocycles. The van der Waals surface area contributed by atoms with Crippen molar-refractivity contribution in [1.29, 1.82) is 0 Å². The van der Waals surface area contributed by atoms with Crippen LogP contribution in [0.2, 0.25) is 0 Å². The molecule has 4 heteroatoms. The van der Waals surface area contributed by atoms with Gasteiger partial charge in [0.2, 0.25) is 0 Å². The second kappa shape index (κ2) is 7.85. The number of hydrogen-bond acceptors (Lipinski definition) is 4. The van der Waals surface area contributed by atoms with Gasteiger partial charge in [-0.25, -0.2) is 0 Å². The van der Waals surface area contributed by atoms with Crippen LogP contribution in [0.4, 0.5) is 0 Å². The van der Waals surface area contributed by atoms with Crippen LogP contribution in [0.1, 0.15) is 60.8 Å². The monoisotopic (exact) mass is 273 g/mol. The zero-order valence-electron chi connectivity index (χ0n) is 13.4. The highest BCUT2D eigenvalue weighted by Crippen LogP contribution is 2.25. The second-order valence-corrected chi connectivity index (χ2v) is 6.40. The van der Waals surface area contributed by atoms with Gasteiger partial charge in [0, 0.05) is 6.61 Å². The van der Waals surface area contributed by atoms with Gasteiger partial charge in [0.05, 0.1) is 17.1 Å². The Morgan fingerprint density at radius 3 is 2.26 bits per heavy atom. The summed E-state index contributed by atoms with van der Waals surface area (Å²) in [4.78, 5) is 12.0. The van der Waals surface area contributed by atoms with E-state index in [0.717, 1.165) is 12.8 Å². The van der Waals surface area contributed by atoms with Crippen LogP contribution in [0, 0.1) is 5.41 Å². The largest absolute Gasteiger partial charge is 0.462 e. The third-order valence-electron chi connectivity index (χ3n) is 3.40. The number of hydrogen-bond donors (Lipinski definition) is 1. The van der Waals surface area contributed by atoms with Crippen molar-refractivity contribution in [2.24, 2.45) is 11.1 Å². The van der Waals surface area contributed by atoms with E-state index in [0.29, 0.717) is 19.6 Å². The molecule has 0 aromatic carbocycles. The smallest absolute Gasteiger partial charge is 0.311 e. The van der Waals surface area contributed by atoms with Crippen LogP contribution >= 0.6 is 0 Å². The molecule has 1 unspecified atom stereocenters. The minimum atomic E-state index is -0.512. The molecule has 0 aromatic rings. The average molecular weight is 273 g/mol. The summed E-state index contributed by atoms with van der Waals surface area (Å²) in [6.07, 6.45) is 2.27. The highest BCUT2D eigenvalue weighted by Gasteiger charge is 2.31. The molecule has 0 amide bonds. The lowest BCUT2D eigenvalue weighted by molar-refractivity contribution is -0.160. The van der Waals surface area contributed by atoms with Crippen LogP contribution < -0.4 is 5.73 Å². The molecule has 0 aliphatic rings. The molecule has 114 valence electrons. The van der Waals surface area contributed by atoms with Crippen LogP contribution in [0.15, 0.2) is 0 Å². The van der Waals surface area contributed by atoms with Crippen LogP contribution in [0.3, 0.4) is 0 Å². The normalized spacial score (nSPS) is 14.3. The van der Waals surface area contributed by atoms with Crippen molar-refractivity contribution in [3.05, 3.63) is 0 Å². The van der Waals surface area contributed by atoms with Gasteiger partial charge in [-0.1, -0.05) is 6.92 Å². The van der Waals surface area contributed by atoms with Gasteiger partial charge in [0.1, 0.15) is 0 Å². The first-order valence-electron chi connectivity index (χ1n) is 7.19. The van der Waals surface area contributed by atoms with Gasteiger partial charge in [0.15, 0.2) is 0 Å². The van der Waals surface area contributed by atoms with Crippen LogP contribution in [0.25, 0.3) is 0 Å². The maximum atomic E-state index is 12.0. The Labute approximate surface area is 118 Å². The van der Waals surface area contributed by atoms with E-state index in [4.69, 9.17) is 15.2 Å². The van der Waals surface area contributed by atoms with Gasteiger partial charge < -0.3 is 15.2 Å². The van der Waals surface area contributed by atoms with E-state index in [1.54, 1.807) is 0 Å².